The summed E-state index contributed by atoms with van der Waals surface area (Å²) in [6.07, 6.45) is 2.33. The summed E-state index contributed by atoms with van der Waals surface area (Å²) in [5.41, 5.74) is 1.65. The number of hydrogen-bond donors (Lipinski definition) is 0. The number of benzene rings is 2. The van der Waals surface area contributed by atoms with Crippen molar-refractivity contribution in [3.05, 3.63) is 59.2 Å². The van der Waals surface area contributed by atoms with Crippen LogP contribution in [0.15, 0.2) is 42.5 Å². The molecule has 6 heteroatoms. The largest absolute Gasteiger partial charge is 0.490 e. The van der Waals surface area contributed by atoms with E-state index in [0.717, 1.165) is 30.6 Å². The van der Waals surface area contributed by atoms with Crippen molar-refractivity contribution in [2.24, 2.45) is 0 Å². The Morgan fingerprint density at radius 2 is 1.85 bits per heavy atom. The highest BCUT2D eigenvalue weighted by Gasteiger charge is 2.44. The second-order valence-corrected chi connectivity index (χ2v) is 9.48. The second-order valence-electron chi connectivity index (χ2n) is 9.48. The van der Waals surface area contributed by atoms with Gasteiger partial charge < -0.3 is 19.1 Å². The summed E-state index contributed by atoms with van der Waals surface area (Å²) in [6.45, 7) is 9.12. The Hall–Kier alpha value is -3.04. The first-order chi connectivity index (χ1) is 15.8. The quantitative estimate of drug-likeness (QED) is 0.623. The van der Waals surface area contributed by atoms with Gasteiger partial charge in [-0.25, -0.2) is 0 Å². The number of carbonyl (C=O) groups is 1. The van der Waals surface area contributed by atoms with E-state index in [1.54, 1.807) is 18.2 Å². The van der Waals surface area contributed by atoms with Crippen molar-refractivity contribution < 1.29 is 19.0 Å². The van der Waals surface area contributed by atoms with Gasteiger partial charge >= 0.3 is 0 Å². The molecular formula is C27H32N2O4. The molecule has 0 unspecified atom stereocenters. The van der Waals surface area contributed by atoms with Gasteiger partial charge in [-0.1, -0.05) is 18.2 Å². The van der Waals surface area contributed by atoms with Crippen LogP contribution in [0.2, 0.25) is 0 Å². The smallest absolute Gasteiger partial charge is 0.253 e. The molecule has 1 saturated heterocycles. The molecule has 0 saturated carbocycles. The Kier molecular flexibility index (Phi) is 6.62. The fourth-order valence-corrected chi connectivity index (χ4v) is 4.73. The van der Waals surface area contributed by atoms with Crippen molar-refractivity contribution in [1.82, 2.24) is 4.90 Å². The van der Waals surface area contributed by atoms with Crippen LogP contribution in [0.1, 0.15) is 74.5 Å². The maximum atomic E-state index is 13.2. The molecular weight excluding hydrogens is 416 g/mol. The van der Waals surface area contributed by atoms with E-state index in [0.29, 0.717) is 30.0 Å². The predicted molar refractivity (Wildman–Crippen MR) is 125 cm³/mol. The summed E-state index contributed by atoms with van der Waals surface area (Å²) in [4.78, 5) is 15.0. The van der Waals surface area contributed by atoms with E-state index in [9.17, 15) is 10.1 Å². The molecule has 1 spiro atoms. The van der Waals surface area contributed by atoms with Crippen molar-refractivity contribution in [3.63, 3.8) is 0 Å². The molecule has 0 aliphatic carbocycles. The van der Waals surface area contributed by atoms with Gasteiger partial charge in [-0.15, -0.1) is 0 Å². The summed E-state index contributed by atoms with van der Waals surface area (Å²) in [5, 5.41) is 9.50. The Balaban J connectivity index is 1.47. The number of carbonyl (C=O) groups excluding carboxylic acids is 1. The van der Waals surface area contributed by atoms with E-state index >= 15 is 0 Å². The first kappa shape index (κ1) is 23.1. The summed E-state index contributed by atoms with van der Waals surface area (Å²) < 4.78 is 18.4. The van der Waals surface area contributed by atoms with Crippen LogP contribution in [0.4, 0.5) is 0 Å². The van der Waals surface area contributed by atoms with Crippen LogP contribution in [-0.4, -0.2) is 41.7 Å². The molecule has 4 rings (SSSR count). The van der Waals surface area contributed by atoms with Crippen molar-refractivity contribution in [1.29, 1.82) is 5.26 Å². The highest BCUT2D eigenvalue weighted by molar-refractivity contribution is 5.95. The average molecular weight is 449 g/mol. The molecule has 174 valence electrons. The lowest BCUT2D eigenvalue weighted by Crippen LogP contribution is -2.52. The molecule has 2 aromatic rings. The third kappa shape index (κ3) is 4.99. The van der Waals surface area contributed by atoms with Crippen LogP contribution < -0.4 is 9.47 Å². The molecule has 2 aromatic carbocycles. The predicted octanol–water partition coefficient (Wildman–Crippen LogP) is 5.27. The first-order valence-corrected chi connectivity index (χ1v) is 11.7. The zero-order valence-corrected chi connectivity index (χ0v) is 19.8. The van der Waals surface area contributed by atoms with Crippen LogP contribution >= 0.6 is 0 Å². The summed E-state index contributed by atoms with van der Waals surface area (Å²) >= 11 is 0. The molecule has 1 atom stereocenters. The highest BCUT2D eigenvalue weighted by Crippen LogP contribution is 2.46. The van der Waals surface area contributed by atoms with E-state index in [4.69, 9.17) is 14.2 Å². The van der Waals surface area contributed by atoms with E-state index in [2.05, 4.69) is 26.0 Å². The number of nitriles is 1. The van der Waals surface area contributed by atoms with Gasteiger partial charge in [0, 0.05) is 43.5 Å². The minimum absolute atomic E-state index is 0.0103. The lowest BCUT2D eigenvalue weighted by Gasteiger charge is -2.47. The molecule has 0 N–H and O–H groups in total. The topological polar surface area (TPSA) is 71.8 Å². The molecule has 2 aliphatic rings. The second kappa shape index (κ2) is 9.44. The number of piperidine rings is 1. The molecule has 6 nitrogen and oxygen atoms in total. The molecule has 1 amide bonds. The van der Waals surface area contributed by atoms with E-state index in [-0.39, 0.29) is 29.8 Å². The van der Waals surface area contributed by atoms with Crippen molar-refractivity contribution in [2.45, 2.75) is 70.9 Å². The van der Waals surface area contributed by atoms with Crippen LogP contribution in [0.5, 0.6) is 11.5 Å². The molecule has 2 aliphatic heterocycles. The lowest BCUT2D eigenvalue weighted by molar-refractivity contribution is -0.0872. The Morgan fingerprint density at radius 1 is 1.12 bits per heavy atom. The lowest BCUT2D eigenvalue weighted by atomic mass is 9.81. The zero-order chi connectivity index (χ0) is 23.6. The van der Waals surface area contributed by atoms with Gasteiger partial charge in [-0.3, -0.25) is 4.79 Å². The minimum Gasteiger partial charge on any atom is -0.490 e. The third-order valence-electron chi connectivity index (χ3n) is 6.26. The highest BCUT2D eigenvalue weighted by atomic mass is 16.5. The molecule has 33 heavy (non-hydrogen) atoms. The number of para-hydroxylation sites is 1. The zero-order valence-electron chi connectivity index (χ0n) is 19.8. The van der Waals surface area contributed by atoms with Gasteiger partial charge in [0.1, 0.15) is 23.2 Å². The SMILES string of the molecule is CC(C)Oc1ccc(C(=O)N2CCC3(CC2)C[C@@H](OC(C)C)c2ccccc2O3)cc1C#N. The van der Waals surface area contributed by atoms with Crippen LogP contribution in [0.3, 0.4) is 0 Å². The van der Waals surface area contributed by atoms with Gasteiger partial charge in [0.2, 0.25) is 0 Å². The summed E-state index contributed by atoms with van der Waals surface area (Å²) in [7, 11) is 0. The molecule has 0 bridgehead atoms. The first-order valence-electron chi connectivity index (χ1n) is 11.7. The van der Waals surface area contributed by atoms with E-state index < -0.39 is 0 Å². The van der Waals surface area contributed by atoms with E-state index in [1.165, 1.54) is 0 Å². The van der Waals surface area contributed by atoms with Gasteiger partial charge in [0.05, 0.1) is 23.9 Å². The van der Waals surface area contributed by atoms with Gasteiger partial charge in [0.25, 0.3) is 5.91 Å². The Labute approximate surface area is 196 Å². The molecule has 0 aromatic heterocycles. The van der Waals surface area contributed by atoms with Crippen molar-refractivity contribution in [2.75, 3.05) is 13.1 Å². The summed E-state index contributed by atoms with van der Waals surface area (Å²) in [5.74, 6) is 1.32. The average Bonchev–Trinajstić information content (AvgIpc) is 2.78. The van der Waals surface area contributed by atoms with E-state index in [1.807, 2.05) is 36.9 Å². The monoisotopic (exact) mass is 448 g/mol. The van der Waals surface area contributed by atoms with Gasteiger partial charge in [0.15, 0.2) is 0 Å². The number of nitrogens with zero attached hydrogens (tertiary/aromatic N) is 2. The van der Waals surface area contributed by atoms with Gasteiger partial charge in [-0.05, 0) is 52.0 Å². The number of amides is 1. The number of likely N-dealkylation sites (tertiary alicyclic amines) is 1. The molecule has 1 fully saturated rings. The third-order valence-corrected chi connectivity index (χ3v) is 6.26. The van der Waals surface area contributed by atoms with Crippen LogP contribution in [-0.2, 0) is 4.74 Å². The Morgan fingerprint density at radius 3 is 2.52 bits per heavy atom. The van der Waals surface area contributed by atoms with Crippen LogP contribution in [0, 0.1) is 11.3 Å². The summed E-state index contributed by atoms with van der Waals surface area (Å²) in [6, 6.07) is 15.3. The maximum Gasteiger partial charge on any atom is 0.253 e. The maximum absolute atomic E-state index is 13.2. The fraction of sp³-hybridized carbons (Fsp3) is 0.481. The minimum atomic E-state index is -0.336. The number of ether oxygens (including phenoxy) is 3. The number of hydrogen-bond acceptors (Lipinski definition) is 5. The molecule has 2 heterocycles. The number of fused-ring (bicyclic) bond motifs is 1. The van der Waals surface area contributed by atoms with Crippen molar-refractivity contribution in [3.8, 4) is 17.6 Å². The Bertz CT molecular complexity index is 1050. The molecule has 0 radical (unpaired) electrons. The number of rotatable bonds is 5. The normalized spacial score (nSPS) is 19.2. The standard InChI is InChI=1S/C27H32N2O4/c1-18(2)31-23-10-9-20(15-21(23)17-28)26(30)29-13-11-27(12-14-29)16-25(32-19(3)4)22-7-5-6-8-24(22)33-27/h5-10,15,18-19,25H,11-14,16H2,1-4H3/t25-/m1/s1. The van der Waals surface area contributed by atoms with Gasteiger partial charge in [-0.2, -0.15) is 5.26 Å². The fourth-order valence-electron chi connectivity index (χ4n) is 4.73. The van der Waals surface area contributed by atoms with Crippen molar-refractivity contribution >= 4 is 5.91 Å². The van der Waals surface area contributed by atoms with Crippen LogP contribution in [0.25, 0.3) is 0 Å².